The normalized spacial score (nSPS) is 12.8. The quantitative estimate of drug-likeness (QED) is 0.538. The summed E-state index contributed by atoms with van der Waals surface area (Å²) in [5.41, 5.74) is -0.539. The molecule has 1 aliphatic carbocycles. The standard InChI is InChI=1S/C14H7NO5/c16-12-7-3-1-2-4-8(7)13(17)11-9(12)5-6-10(14(11)18)15(19)20/h1-6,18H. The second-order valence-corrected chi connectivity index (χ2v) is 4.32. The van der Waals surface area contributed by atoms with Gasteiger partial charge in [-0.1, -0.05) is 24.3 Å². The van der Waals surface area contributed by atoms with Gasteiger partial charge >= 0.3 is 5.69 Å². The molecule has 98 valence electrons. The van der Waals surface area contributed by atoms with E-state index in [1.807, 2.05) is 0 Å². The van der Waals surface area contributed by atoms with E-state index in [9.17, 15) is 24.8 Å². The van der Waals surface area contributed by atoms with Crippen LogP contribution in [0.15, 0.2) is 36.4 Å². The van der Waals surface area contributed by atoms with Crippen LogP contribution in [0, 0.1) is 10.1 Å². The molecule has 6 heteroatoms. The average Bonchev–Trinajstić information content (AvgIpc) is 2.44. The molecule has 3 rings (SSSR count). The lowest BCUT2D eigenvalue weighted by atomic mass is 9.83. The second-order valence-electron chi connectivity index (χ2n) is 4.32. The molecule has 0 atom stereocenters. The predicted molar refractivity (Wildman–Crippen MR) is 68.1 cm³/mol. The summed E-state index contributed by atoms with van der Waals surface area (Å²) >= 11 is 0. The number of nitrogens with zero attached hydrogens (tertiary/aromatic N) is 1. The van der Waals surface area contributed by atoms with Gasteiger partial charge in [-0.2, -0.15) is 0 Å². The first-order valence-electron chi connectivity index (χ1n) is 5.71. The number of carbonyl (C=O) groups is 2. The molecule has 0 heterocycles. The minimum absolute atomic E-state index is 0.0169. The van der Waals surface area contributed by atoms with Crippen LogP contribution in [0.3, 0.4) is 0 Å². The summed E-state index contributed by atoms with van der Waals surface area (Å²) in [5, 5.41) is 20.7. The van der Waals surface area contributed by atoms with Gasteiger partial charge in [-0.25, -0.2) is 0 Å². The van der Waals surface area contributed by atoms with Crippen LogP contribution < -0.4 is 0 Å². The summed E-state index contributed by atoms with van der Waals surface area (Å²) in [6.07, 6.45) is 0. The van der Waals surface area contributed by atoms with Crippen LogP contribution in [0.2, 0.25) is 0 Å². The van der Waals surface area contributed by atoms with E-state index in [1.54, 1.807) is 12.1 Å². The Bertz CT molecular complexity index is 794. The summed E-state index contributed by atoms with van der Waals surface area (Å²) in [6, 6.07) is 8.40. The molecule has 0 radical (unpaired) electrons. The van der Waals surface area contributed by atoms with Crippen LogP contribution in [0.1, 0.15) is 31.8 Å². The lowest BCUT2D eigenvalue weighted by Gasteiger charge is -2.17. The van der Waals surface area contributed by atoms with Crippen LogP contribution in [0.5, 0.6) is 5.75 Å². The predicted octanol–water partition coefficient (Wildman–Crippen LogP) is 2.08. The van der Waals surface area contributed by atoms with Crippen molar-refractivity contribution < 1.29 is 19.6 Å². The fourth-order valence-corrected chi connectivity index (χ4v) is 2.31. The van der Waals surface area contributed by atoms with Crippen molar-refractivity contribution >= 4 is 17.3 Å². The number of phenols is 1. The number of ketones is 2. The highest BCUT2D eigenvalue weighted by atomic mass is 16.6. The summed E-state index contributed by atoms with van der Waals surface area (Å²) in [6.45, 7) is 0. The van der Waals surface area contributed by atoms with E-state index in [0.717, 1.165) is 6.07 Å². The monoisotopic (exact) mass is 269 g/mol. The molecule has 0 unspecified atom stereocenters. The van der Waals surface area contributed by atoms with E-state index in [1.165, 1.54) is 18.2 Å². The van der Waals surface area contributed by atoms with Crippen molar-refractivity contribution in [3.8, 4) is 5.75 Å². The lowest BCUT2D eigenvalue weighted by Crippen LogP contribution is -2.21. The third-order valence-corrected chi connectivity index (χ3v) is 3.24. The van der Waals surface area contributed by atoms with Crippen molar-refractivity contribution in [1.29, 1.82) is 0 Å². The highest BCUT2D eigenvalue weighted by Gasteiger charge is 2.34. The lowest BCUT2D eigenvalue weighted by molar-refractivity contribution is -0.385. The molecule has 0 aromatic heterocycles. The van der Waals surface area contributed by atoms with Crippen LogP contribution in [-0.4, -0.2) is 21.6 Å². The zero-order valence-electron chi connectivity index (χ0n) is 9.99. The van der Waals surface area contributed by atoms with Gasteiger partial charge in [0, 0.05) is 22.8 Å². The summed E-state index contributed by atoms with van der Waals surface area (Å²) in [5.74, 6) is -1.78. The Labute approximate surface area is 112 Å². The Balaban J connectivity index is 2.34. The maximum absolute atomic E-state index is 12.3. The van der Waals surface area contributed by atoms with Gasteiger partial charge < -0.3 is 5.11 Å². The first kappa shape index (κ1) is 12.0. The second kappa shape index (κ2) is 3.99. The Morgan fingerprint density at radius 1 is 0.900 bits per heavy atom. The Kier molecular flexibility index (Phi) is 2.40. The molecule has 1 aliphatic rings. The fourth-order valence-electron chi connectivity index (χ4n) is 2.31. The van der Waals surface area contributed by atoms with Gasteiger partial charge in [0.2, 0.25) is 5.75 Å². The maximum Gasteiger partial charge on any atom is 0.311 e. The van der Waals surface area contributed by atoms with Crippen molar-refractivity contribution in [2.75, 3.05) is 0 Å². The van der Waals surface area contributed by atoms with E-state index >= 15 is 0 Å². The van der Waals surface area contributed by atoms with Gasteiger partial charge in [-0.3, -0.25) is 19.7 Å². The van der Waals surface area contributed by atoms with Gasteiger partial charge in [0.05, 0.1) is 10.5 Å². The molecule has 0 spiro atoms. The molecule has 0 saturated heterocycles. The number of carbonyl (C=O) groups excluding carboxylic acids is 2. The molecule has 20 heavy (non-hydrogen) atoms. The summed E-state index contributed by atoms with van der Waals surface area (Å²) in [4.78, 5) is 34.6. The van der Waals surface area contributed by atoms with E-state index in [0.29, 0.717) is 0 Å². The van der Waals surface area contributed by atoms with Gasteiger partial charge in [0.1, 0.15) is 0 Å². The number of nitro benzene ring substituents is 1. The highest BCUT2D eigenvalue weighted by molar-refractivity contribution is 6.29. The molecule has 1 N–H and O–H groups in total. The SMILES string of the molecule is O=C1c2ccccc2C(=O)c2c1ccc([N+](=O)[O-])c2O. The Morgan fingerprint density at radius 2 is 1.50 bits per heavy atom. The largest absolute Gasteiger partial charge is 0.502 e. The third kappa shape index (κ3) is 1.45. The third-order valence-electron chi connectivity index (χ3n) is 3.24. The number of rotatable bonds is 1. The molecule has 0 amide bonds. The summed E-state index contributed by atoms with van der Waals surface area (Å²) < 4.78 is 0. The van der Waals surface area contributed by atoms with E-state index in [2.05, 4.69) is 0 Å². The van der Waals surface area contributed by atoms with E-state index in [-0.39, 0.29) is 22.3 Å². The number of hydrogen-bond donors (Lipinski definition) is 1. The number of aromatic hydroxyl groups is 1. The summed E-state index contributed by atoms with van der Waals surface area (Å²) in [7, 11) is 0. The van der Waals surface area contributed by atoms with Crippen molar-refractivity contribution in [3.05, 3.63) is 68.8 Å². The highest BCUT2D eigenvalue weighted by Crippen LogP contribution is 2.38. The molecule has 0 saturated carbocycles. The smallest absolute Gasteiger partial charge is 0.311 e. The first-order chi connectivity index (χ1) is 9.52. The molecule has 0 aliphatic heterocycles. The fraction of sp³-hybridized carbons (Fsp3) is 0. The van der Waals surface area contributed by atoms with Gasteiger partial charge in [-0.05, 0) is 6.07 Å². The van der Waals surface area contributed by atoms with Crippen molar-refractivity contribution in [2.24, 2.45) is 0 Å². The Hall–Kier alpha value is -3.02. The Morgan fingerprint density at radius 3 is 2.10 bits per heavy atom. The topological polar surface area (TPSA) is 97.5 Å². The molecule has 2 aromatic carbocycles. The van der Waals surface area contributed by atoms with Crippen molar-refractivity contribution in [3.63, 3.8) is 0 Å². The number of hydrogen-bond acceptors (Lipinski definition) is 5. The minimum atomic E-state index is -0.798. The van der Waals surface area contributed by atoms with Crippen LogP contribution in [0.4, 0.5) is 5.69 Å². The zero-order chi connectivity index (χ0) is 14.4. The number of phenolic OH excluding ortho intramolecular Hbond substituents is 1. The maximum atomic E-state index is 12.3. The molecule has 0 bridgehead atoms. The molecule has 6 nitrogen and oxygen atoms in total. The van der Waals surface area contributed by atoms with Gasteiger partial charge in [-0.15, -0.1) is 0 Å². The molecular formula is C14H7NO5. The minimum Gasteiger partial charge on any atom is -0.502 e. The van der Waals surface area contributed by atoms with Gasteiger partial charge in [0.25, 0.3) is 0 Å². The average molecular weight is 269 g/mol. The number of benzene rings is 2. The molecule has 0 fully saturated rings. The molecular weight excluding hydrogens is 262 g/mol. The van der Waals surface area contributed by atoms with E-state index < -0.39 is 27.9 Å². The van der Waals surface area contributed by atoms with E-state index in [4.69, 9.17) is 0 Å². The molecule has 2 aromatic rings. The van der Waals surface area contributed by atoms with Crippen molar-refractivity contribution in [1.82, 2.24) is 0 Å². The first-order valence-corrected chi connectivity index (χ1v) is 5.71. The van der Waals surface area contributed by atoms with Gasteiger partial charge in [0.15, 0.2) is 11.6 Å². The zero-order valence-corrected chi connectivity index (χ0v) is 9.99. The van der Waals surface area contributed by atoms with Crippen LogP contribution in [0.25, 0.3) is 0 Å². The van der Waals surface area contributed by atoms with Crippen LogP contribution in [-0.2, 0) is 0 Å². The van der Waals surface area contributed by atoms with Crippen molar-refractivity contribution in [2.45, 2.75) is 0 Å². The number of fused-ring (bicyclic) bond motifs is 2. The number of nitro groups is 1. The van der Waals surface area contributed by atoms with Crippen LogP contribution >= 0.6 is 0 Å².